The Balaban J connectivity index is 2.28. The zero-order valence-corrected chi connectivity index (χ0v) is 12.3. The van der Waals surface area contributed by atoms with Crippen LogP contribution in [-0.4, -0.2) is 60.1 Å². The number of carbonyl (C=O) groups is 1. The smallest absolute Gasteiger partial charge is 0.255 e. The highest BCUT2D eigenvalue weighted by atomic mass is 19.1. The lowest BCUT2D eigenvalue weighted by Crippen LogP contribution is -2.52. The second-order valence-electron chi connectivity index (χ2n) is 5.23. The highest BCUT2D eigenvalue weighted by molar-refractivity contribution is 5.96. The molecule has 112 valence electrons. The molecule has 0 saturated carbocycles. The van der Waals surface area contributed by atoms with Crippen molar-refractivity contribution in [1.82, 2.24) is 9.80 Å². The molecule has 1 saturated heterocycles. The minimum absolute atomic E-state index is 0.211. The summed E-state index contributed by atoms with van der Waals surface area (Å²) >= 11 is 0. The number of hydrogen-bond acceptors (Lipinski definition) is 3. The minimum atomic E-state index is -0.463. The summed E-state index contributed by atoms with van der Waals surface area (Å²) in [5.41, 5.74) is 0.703. The van der Waals surface area contributed by atoms with Crippen molar-refractivity contribution in [2.45, 2.75) is 13.0 Å². The van der Waals surface area contributed by atoms with Crippen molar-refractivity contribution < 1.29 is 14.3 Å². The van der Waals surface area contributed by atoms with Gasteiger partial charge in [-0.3, -0.25) is 4.79 Å². The number of carbonyl (C=O) groups excluding carboxylic acids is 1. The first-order valence-electron chi connectivity index (χ1n) is 6.91. The molecule has 21 heavy (non-hydrogen) atoms. The molecule has 1 amide bonds. The SMILES string of the molecule is CC1CN(C(=O)c2cc(F)ccc2C#CCO)CCN1C. The third-order valence-corrected chi connectivity index (χ3v) is 3.76. The Hall–Kier alpha value is -1.90. The van der Waals surface area contributed by atoms with Gasteiger partial charge in [-0.05, 0) is 32.2 Å². The zero-order chi connectivity index (χ0) is 15.4. The predicted molar refractivity (Wildman–Crippen MR) is 78.4 cm³/mol. The maximum Gasteiger partial charge on any atom is 0.255 e. The first-order chi connectivity index (χ1) is 10.0. The number of likely N-dealkylation sites (N-methyl/N-ethyl adjacent to an activating group) is 1. The first kappa shape index (κ1) is 15.5. The van der Waals surface area contributed by atoms with E-state index in [-0.39, 0.29) is 24.1 Å². The highest BCUT2D eigenvalue weighted by Gasteiger charge is 2.26. The van der Waals surface area contributed by atoms with Crippen LogP contribution in [0.5, 0.6) is 0 Å². The summed E-state index contributed by atoms with van der Waals surface area (Å²) in [5, 5.41) is 8.78. The number of benzene rings is 1. The van der Waals surface area contributed by atoms with Crippen molar-refractivity contribution in [3.63, 3.8) is 0 Å². The van der Waals surface area contributed by atoms with Gasteiger partial charge in [0.15, 0.2) is 0 Å². The molecular formula is C16H19FN2O2. The van der Waals surface area contributed by atoms with Gasteiger partial charge in [0.05, 0.1) is 5.56 Å². The summed E-state index contributed by atoms with van der Waals surface area (Å²) in [5.74, 6) is 4.53. The van der Waals surface area contributed by atoms with Gasteiger partial charge in [-0.2, -0.15) is 0 Å². The second-order valence-corrected chi connectivity index (χ2v) is 5.23. The molecule has 1 aromatic carbocycles. The van der Waals surface area contributed by atoms with Crippen LogP contribution in [0.1, 0.15) is 22.8 Å². The predicted octanol–water partition coefficient (Wildman–Crippen LogP) is 0.946. The van der Waals surface area contributed by atoms with Crippen molar-refractivity contribution in [2.75, 3.05) is 33.3 Å². The number of amides is 1. The van der Waals surface area contributed by atoms with Crippen molar-refractivity contribution in [3.8, 4) is 11.8 Å². The Labute approximate surface area is 124 Å². The summed E-state index contributed by atoms with van der Waals surface area (Å²) in [7, 11) is 2.02. The van der Waals surface area contributed by atoms with Crippen LogP contribution in [-0.2, 0) is 0 Å². The van der Waals surface area contributed by atoms with Gasteiger partial charge in [-0.25, -0.2) is 4.39 Å². The molecule has 1 aliphatic heterocycles. The van der Waals surface area contributed by atoms with Crippen LogP contribution >= 0.6 is 0 Å². The van der Waals surface area contributed by atoms with Gasteiger partial charge in [0.25, 0.3) is 5.91 Å². The van der Waals surface area contributed by atoms with Crippen LogP contribution in [0, 0.1) is 17.7 Å². The highest BCUT2D eigenvalue weighted by Crippen LogP contribution is 2.16. The summed E-state index contributed by atoms with van der Waals surface area (Å²) in [6.07, 6.45) is 0. The molecule has 2 rings (SSSR count). The Kier molecular flexibility index (Phi) is 4.94. The molecule has 5 heteroatoms. The molecule has 1 atom stereocenters. The summed E-state index contributed by atoms with van der Waals surface area (Å²) in [6.45, 7) is 3.77. The molecule has 4 nitrogen and oxygen atoms in total. The molecule has 0 radical (unpaired) electrons. The van der Waals surface area contributed by atoms with Gasteiger partial charge in [0, 0.05) is 31.2 Å². The molecular weight excluding hydrogens is 271 g/mol. The Morgan fingerprint density at radius 2 is 2.24 bits per heavy atom. The molecule has 1 fully saturated rings. The number of nitrogens with zero attached hydrogens (tertiary/aromatic N) is 2. The number of hydrogen-bond donors (Lipinski definition) is 1. The quantitative estimate of drug-likeness (QED) is 0.783. The molecule has 1 N–H and O–H groups in total. The number of halogens is 1. The third-order valence-electron chi connectivity index (χ3n) is 3.76. The largest absolute Gasteiger partial charge is 0.384 e. The minimum Gasteiger partial charge on any atom is -0.384 e. The zero-order valence-electron chi connectivity index (χ0n) is 12.3. The van der Waals surface area contributed by atoms with Gasteiger partial charge in [0.2, 0.25) is 0 Å². The van der Waals surface area contributed by atoms with E-state index in [9.17, 15) is 9.18 Å². The van der Waals surface area contributed by atoms with E-state index in [4.69, 9.17) is 5.11 Å². The lowest BCUT2D eigenvalue weighted by atomic mass is 10.0. The molecule has 1 unspecified atom stereocenters. The van der Waals surface area contributed by atoms with Gasteiger partial charge >= 0.3 is 0 Å². The topological polar surface area (TPSA) is 43.8 Å². The fourth-order valence-corrected chi connectivity index (χ4v) is 2.34. The maximum absolute atomic E-state index is 13.5. The molecule has 0 aliphatic carbocycles. The van der Waals surface area contributed by atoms with Crippen molar-refractivity contribution in [2.24, 2.45) is 0 Å². The van der Waals surface area contributed by atoms with E-state index < -0.39 is 5.82 Å². The Morgan fingerprint density at radius 1 is 1.48 bits per heavy atom. The van der Waals surface area contributed by atoms with Crippen LogP contribution in [0.2, 0.25) is 0 Å². The average molecular weight is 290 g/mol. The normalized spacial score (nSPS) is 19.0. The summed E-state index contributed by atoms with van der Waals surface area (Å²) in [4.78, 5) is 16.5. The van der Waals surface area contributed by atoms with E-state index in [1.807, 2.05) is 7.05 Å². The monoisotopic (exact) mass is 290 g/mol. The van der Waals surface area contributed by atoms with Crippen molar-refractivity contribution in [3.05, 3.63) is 35.1 Å². The van der Waals surface area contributed by atoms with Crippen LogP contribution in [0.25, 0.3) is 0 Å². The first-order valence-corrected chi connectivity index (χ1v) is 6.91. The van der Waals surface area contributed by atoms with Gasteiger partial charge in [-0.1, -0.05) is 11.8 Å². The van der Waals surface area contributed by atoms with Crippen LogP contribution < -0.4 is 0 Å². The molecule has 0 bridgehead atoms. The summed E-state index contributed by atoms with van der Waals surface area (Å²) < 4.78 is 13.5. The molecule has 1 heterocycles. The number of aliphatic hydroxyl groups is 1. The third kappa shape index (κ3) is 3.60. The van der Waals surface area contributed by atoms with E-state index in [1.54, 1.807) is 4.90 Å². The lowest BCUT2D eigenvalue weighted by Gasteiger charge is -2.37. The lowest BCUT2D eigenvalue weighted by molar-refractivity contribution is 0.0571. The van der Waals surface area contributed by atoms with Crippen molar-refractivity contribution in [1.29, 1.82) is 0 Å². The summed E-state index contributed by atoms with van der Waals surface area (Å²) in [6, 6.07) is 4.23. The second kappa shape index (κ2) is 6.70. The van der Waals surface area contributed by atoms with E-state index in [0.29, 0.717) is 18.7 Å². The van der Waals surface area contributed by atoms with E-state index in [1.165, 1.54) is 18.2 Å². The Morgan fingerprint density at radius 3 is 2.90 bits per heavy atom. The van der Waals surface area contributed by atoms with Crippen LogP contribution in [0.4, 0.5) is 4.39 Å². The molecule has 0 spiro atoms. The number of aliphatic hydroxyl groups excluding tert-OH is 1. The van der Waals surface area contributed by atoms with E-state index >= 15 is 0 Å². The van der Waals surface area contributed by atoms with Gasteiger partial charge < -0.3 is 14.9 Å². The van der Waals surface area contributed by atoms with Crippen LogP contribution in [0.3, 0.4) is 0 Å². The fraction of sp³-hybridized carbons (Fsp3) is 0.438. The van der Waals surface area contributed by atoms with Gasteiger partial charge in [0.1, 0.15) is 12.4 Å². The number of rotatable bonds is 1. The van der Waals surface area contributed by atoms with E-state index in [0.717, 1.165) is 6.54 Å². The fourth-order valence-electron chi connectivity index (χ4n) is 2.34. The Bertz CT molecular complexity index is 592. The molecule has 0 aromatic heterocycles. The maximum atomic E-state index is 13.5. The standard InChI is InChI=1S/C16H19FN2O2/c1-12-11-19(8-7-18(12)2)16(21)15-10-14(17)6-5-13(15)4-3-9-20/h5-6,10,12,20H,7-9,11H2,1-2H3. The van der Waals surface area contributed by atoms with Crippen LogP contribution in [0.15, 0.2) is 18.2 Å². The number of piperazine rings is 1. The average Bonchev–Trinajstić information content (AvgIpc) is 2.48. The molecule has 1 aliphatic rings. The van der Waals surface area contributed by atoms with E-state index in [2.05, 4.69) is 23.7 Å². The van der Waals surface area contributed by atoms with Crippen molar-refractivity contribution >= 4 is 5.91 Å². The van der Waals surface area contributed by atoms with Gasteiger partial charge in [-0.15, -0.1) is 0 Å². The molecule has 1 aromatic rings.